The van der Waals surface area contributed by atoms with E-state index in [9.17, 15) is 9.59 Å². The Labute approximate surface area is 187 Å². The Morgan fingerprint density at radius 2 is 1.68 bits per heavy atom. The highest BCUT2D eigenvalue weighted by Crippen LogP contribution is 2.19. The van der Waals surface area contributed by atoms with Crippen LogP contribution >= 0.6 is 11.8 Å². The van der Waals surface area contributed by atoms with Gasteiger partial charge in [0.15, 0.2) is 5.16 Å². The molecule has 7 heteroatoms. The minimum atomic E-state index is -0.129. The van der Waals surface area contributed by atoms with E-state index in [1.165, 1.54) is 11.8 Å². The number of hydrogen-bond acceptors (Lipinski definition) is 5. The Balaban J connectivity index is 1.83. The number of nitrogens with zero attached hydrogens (tertiary/aromatic N) is 3. The van der Waals surface area contributed by atoms with Crippen molar-refractivity contribution in [3.05, 3.63) is 65.0 Å². The first kappa shape index (κ1) is 23.0. The average molecular weight is 439 g/mol. The number of carbonyl (C=O) groups is 1. The van der Waals surface area contributed by atoms with E-state index in [0.29, 0.717) is 34.7 Å². The molecule has 0 aliphatic rings. The number of fused-ring (bicyclic) bond motifs is 1. The minimum Gasteiger partial charge on any atom is -0.325 e. The van der Waals surface area contributed by atoms with Crippen LogP contribution in [-0.4, -0.2) is 44.7 Å². The summed E-state index contributed by atoms with van der Waals surface area (Å²) in [6.07, 6.45) is 0. The number of amides is 1. The van der Waals surface area contributed by atoms with Crippen LogP contribution in [0.25, 0.3) is 10.9 Å². The lowest BCUT2D eigenvalue weighted by Gasteiger charge is -2.30. The van der Waals surface area contributed by atoms with Gasteiger partial charge in [-0.2, -0.15) is 0 Å². The third-order valence-corrected chi connectivity index (χ3v) is 6.10. The monoisotopic (exact) mass is 438 g/mol. The van der Waals surface area contributed by atoms with Crippen LogP contribution in [0.15, 0.2) is 64.5 Å². The molecule has 0 spiro atoms. The smallest absolute Gasteiger partial charge is 0.262 e. The SMILES string of the molecule is CC(C)N(CCn1c(SCC(=O)Nc2ccccc2)nc2ccccc2c1=O)C(C)C. The Morgan fingerprint density at radius 3 is 2.35 bits per heavy atom. The molecule has 0 bridgehead atoms. The molecular weight excluding hydrogens is 408 g/mol. The van der Waals surface area contributed by atoms with Crippen molar-refractivity contribution in [2.45, 2.75) is 51.5 Å². The predicted molar refractivity (Wildman–Crippen MR) is 129 cm³/mol. The highest BCUT2D eigenvalue weighted by atomic mass is 32.2. The largest absolute Gasteiger partial charge is 0.325 e. The molecule has 0 aliphatic carbocycles. The van der Waals surface area contributed by atoms with Crippen LogP contribution in [-0.2, 0) is 11.3 Å². The second-order valence-corrected chi connectivity index (χ2v) is 8.94. The number of para-hydroxylation sites is 2. The third kappa shape index (κ3) is 5.95. The molecule has 3 aromatic rings. The van der Waals surface area contributed by atoms with Gasteiger partial charge < -0.3 is 5.32 Å². The van der Waals surface area contributed by atoms with Gasteiger partial charge in [-0.05, 0) is 52.0 Å². The molecule has 6 nitrogen and oxygen atoms in total. The highest BCUT2D eigenvalue weighted by Gasteiger charge is 2.17. The Morgan fingerprint density at radius 1 is 1.03 bits per heavy atom. The van der Waals surface area contributed by atoms with Crippen LogP contribution in [0.5, 0.6) is 0 Å². The number of aromatic nitrogens is 2. The van der Waals surface area contributed by atoms with Gasteiger partial charge in [-0.25, -0.2) is 4.98 Å². The minimum absolute atomic E-state index is 0.0657. The molecule has 1 aromatic heterocycles. The average Bonchev–Trinajstić information content (AvgIpc) is 2.74. The summed E-state index contributed by atoms with van der Waals surface area (Å²) in [4.78, 5) is 32.7. The van der Waals surface area contributed by atoms with E-state index in [1.807, 2.05) is 48.5 Å². The standard InChI is InChI=1S/C24H30N4O2S/c1-17(2)27(18(3)4)14-15-28-23(30)20-12-8-9-13-21(20)26-24(28)31-16-22(29)25-19-10-6-5-7-11-19/h5-13,17-18H,14-16H2,1-4H3,(H,25,29). The van der Waals surface area contributed by atoms with Crippen LogP contribution in [0.3, 0.4) is 0 Å². The summed E-state index contributed by atoms with van der Waals surface area (Å²) >= 11 is 1.29. The van der Waals surface area contributed by atoms with Crippen molar-refractivity contribution < 1.29 is 4.79 Å². The number of nitrogens with one attached hydrogen (secondary N) is 1. The zero-order valence-corrected chi connectivity index (χ0v) is 19.4. The second-order valence-electron chi connectivity index (χ2n) is 8.00. The van der Waals surface area contributed by atoms with Gasteiger partial charge in [0.1, 0.15) is 0 Å². The lowest BCUT2D eigenvalue weighted by molar-refractivity contribution is -0.113. The van der Waals surface area contributed by atoms with Gasteiger partial charge in [-0.15, -0.1) is 0 Å². The van der Waals surface area contributed by atoms with Gasteiger partial charge in [-0.1, -0.05) is 42.1 Å². The highest BCUT2D eigenvalue weighted by molar-refractivity contribution is 7.99. The fraction of sp³-hybridized carbons (Fsp3) is 0.375. The number of benzene rings is 2. The number of rotatable bonds is 9. The topological polar surface area (TPSA) is 67.2 Å². The van der Waals surface area contributed by atoms with E-state index in [1.54, 1.807) is 10.6 Å². The van der Waals surface area contributed by atoms with E-state index >= 15 is 0 Å². The van der Waals surface area contributed by atoms with Crippen molar-refractivity contribution >= 4 is 34.3 Å². The first-order valence-electron chi connectivity index (χ1n) is 10.6. The Kier molecular flexibility index (Phi) is 7.87. The van der Waals surface area contributed by atoms with Crippen molar-refractivity contribution in [3.63, 3.8) is 0 Å². The summed E-state index contributed by atoms with van der Waals surface area (Å²) in [7, 11) is 0. The zero-order valence-electron chi connectivity index (χ0n) is 18.5. The summed E-state index contributed by atoms with van der Waals surface area (Å²) in [5, 5.41) is 4.05. The molecule has 1 N–H and O–H groups in total. The number of anilines is 1. The van der Waals surface area contributed by atoms with Crippen molar-refractivity contribution in [1.82, 2.24) is 14.5 Å². The van der Waals surface area contributed by atoms with Crippen LogP contribution < -0.4 is 10.9 Å². The van der Waals surface area contributed by atoms with E-state index in [4.69, 9.17) is 4.98 Å². The summed E-state index contributed by atoms with van der Waals surface area (Å²) in [6.45, 7) is 9.89. The van der Waals surface area contributed by atoms with Crippen molar-refractivity contribution in [2.24, 2.45) is 0 Å². The second kappa shape index (κ2) is 10.6. The van der Waals surface area contributed by atoms with E-state index in [2.05, 4.69) is 37.9 Å². The molecule has 164 valence electrons. The lowest BCUT2D eigenvalue weighted by atomic mass is 10.2. The van der Waals surface area contributed by atoms with E-state index in [-0.39, 0.29) is 17.2 Å². The molecule has 2 aromatic carbocycles. The molecule has 0 unspecified atom stereocenters. The fourth-order valence-corrected chi connectivity index (χ4v) is 4.46. The molecule has 0 radical (unpaired) electrons. The Hall–Kier alpha value is -2.64. The predicted octanol–water partition coefficient (Wildman–Crippen LogP) is 4.25. The van der Waals surface area contributed by atoms with Crippen molar-refractivity contribution in [1.29, 1.82) is 0 Å². The quantitative estimate of drug-likeness (QED) is 0.400. The van der Waals surface area contributed by atoms with Crippen LogP contribution in [0.4, 0.5) is 5.69 Å². The molecule has 0 aliphatic heterocycles. The molecule has 1 heterocycles. The molecule has 1 amide bonds. The van der Waals surface area contributed by atoms with Gasteiger partial charge in [0.05, 0.1) is 16.7 Å². The van der Waals surface area contributed by atoms with Crippen molar-refractivity contribution in [3.8, 4) is 0 Å². The third-order valence-electron chi connectivity index (χ3n) is 5.12. The number of hydrogen-bond donors (Lipinski definition) is 1. The maximum absolute atomic E-state index is 13.2. The van der Waals surface area contributed by atoms with Gasteiger partial charge in [0.2, 0.25) is 5.91 Å². The first-order chi connectivity index (χ1) is 14.9. The molecule has 31 heavy (non-hydrogen) atoms. The lowest BCUT2D eigenvalue weighted by Crippen LogP contribution is -2.40. The van der Waals surface area contributed by atoms with Crippen LogP contribution in [0.2, 0.25) is 0 Å². The van der Waals surface area contributed by atoms with E-state index < -0.39 is 0 Å². The molecule has 0 saturated carbocycles. The van der Waals surface area contributed by atoms with Crippen LogP contribution in [0, 0.1) is 0 Å². The van der Waals surface area contributed by atoms with Crippen LogP contribution in [0.1, 0.15) is 27.7 Å². The maximum atomic E-state index is 13.2. The fourth-order valence-electron chi connectivity index (χ4n) is 3.63. The summed E-state index contributed by atoms with van der Waals surface area (Å²) in [5.41, 5.74) is 1.34. The van der Waals surface area contributed by atoms with E-state index in [0.717, 1.165) is 12.2 Å². The van der Waals surface area contributed by atoms with Crippen molar-refractivity contribution in [2.75, 3.05) is 17.6 Å². The van der Waals surface area contributed by atoms with Gasteiger partial charge in [0.25, 0.3) is 5.56 Å². The maximum Gasteiger partial charge on any atom is 0.262 e. The number of thioether (sulfide) groups is 1. The normalized spacial score (nSPS) is 11.6. The Bertz CT molecular complexity index is 1070. The first-order valence-corrected chi connectivity index (χ1v) is 11.6. The molecule has 0 atom stereocenters. The number of carbonyl (C=O) groups excluding carboxylic acids is 1. The van der Waals surface area contributed by atoms with Gasteiger partial charge >= 0.3 is 0 Å². The molecule has 0 saturated heterocycles. The van der Waals surface area contributed by atoms with Gasteiger partial charge in [-0.3, -0.25) is 19.1 Å². The molecular formula is C24H30N4O2S. The summed E-state index contributed by atoms with van der Waals surface area (Å²) in [5.74, 6) is 0.0498. The zero-order chi connectivity index (χ0) is 22.4. The molecule has 0 fully saturated rings. The summed E-state index contributed by atoms with van der Waals surface area (Å²) in [6, 6.07) is 17.5. The van der Waals surface area contributed by atoms with Gasteiger partial charge in [0, 0.05) is 30.9 Å². The molecule has 3 rings (SSSR count). The summed E-state index contributed by atoms with van der Waals surface area (Å²) < 4.78 is 1.71.